The Labute approximate surface area is 101 Å². The third kappa shape index (κ3) is 2.37. The first kappa shape index (κ1) is 11.0. The first-order valence-corrected chi connectivity index (χ1v) is 5.76. The molecule has 15 heavy (non-hydrogen) atoms. The molecule has 0 aromatic carbocycles. The van der Waals surface area contributed by atoms with E-state index in [9.17, 15) is 10.2 Å². The number of aryl methyl sites for hydroxylation is 1. The second-order valence-electron chi connectivity index (χ2n) is 3.64. The van der Waals surface area contributed by atoms with Crippen molar-refractivity contribution in [1.82, 2.24) is 9.97 Å². The Morgan fingerprint density at radius 1 is 1.33 bits per heavy atom. The highest BCUT2D eigenvalue weighted by molar-refractivity contribution is 14.1. The van der Waals surface area contributed by atoms with Crippen LogP contribution in [-0.2, 0) is 0 Å². The van der Waals surface area contributed by atoms with E-state index in [0.29, 0.717) is 18.9 Å². The van der Waals surface area contributed by atoms with E-state index in [0.717, 1.165) is 9.52 Å². The van der Waals surface area contributed by atoms with E-state index >= 15 is 0 Å². The molecule has 1 aliphatic rings. The van der Waals surface area contributed by atoms with Gasteiger partial charge in [-0.15, -0.1) is 0 Å². The summed E-state index contributed by atoms with van der Waals surface area (Å²) < 4.78 is 0.867. The maximum Gasteiger partial charge on any atom is 0.133 e. The van der Waals surface area contributed by atoms with Crippen LogP contribution in [0, 0.1) is 10.6 Å². The molecule has 0 spiro atoms. The highest BCUT2D eigenvalue weighted by Gasteiger charge is 2.30. The van der Waals surface area contributed by atoms with Crippen molar-refractivity contribution in [2.75, 3.05) is 18.0 Å². The molecule has 0 radical (unpaired) electrons. The molecule has 2 rings (SSSR count). The second-order valence-corrected chi connectivity index (χ2v) is 4.74. The van der Waals surface area contributed by atoms with Crippen LogP contribution in [0.5, 0.6) is 0 Å². The number of aromatic nitrogens is 2. The van der Waals surface area contributed by atoms with E-state index in [-0.39, 0.29) is 0 Å². The van der Waals surface area contributed by atoms with Crippen LogP contribution >= 0.6 is 22.6 Å². The monoisotopic (exact) mass is 321 g/mol. The maximum atomic E-state index is 9.43. The number of aliphatic hydroxyl groups is 2. The molecule has 6 heteroatoms. The van der Waals surface area contributed by atoms with E-state index < -0.39 is 12.2 Å². The summed E-state index contributed by atoms with van der Waals surface area (Å²) in [6.07, 6.45) is -1.36. The fraction of sp³-hybridized carbons (Fsp3) is 0.556. The lowest BCUT2D eigenvalue weighted by atomic mass is 10.3. The van der Waals surface area contributed by atoms with Crippen molar-refractivity contribution < 1.29 is 10.2 Å². The van der Waals surface area contributed by atoms with Crippen molar-refractivity contribution in [3.63, 3.8) is 0 Å². The molecule has 2 heterocycles. The summed E-state index contributed by atoms with van der Waals surface area (Å²) in [5.74, 6) is 1.47. The van der Waals surface area contributed by atoms with E-state index in [1.807, 2.05) is 17.9 Å². The molecule has 1 saturated heterocycles. The third-order valence-electron chi connectivity index (χ3n) is 2.38. The normalized spacial score (nSPS) is 26.0. The minimum absolute atomic E-state index is 0.424. The molecule has 1 fully saturated rings. The third-order valence-corrected chi connectivity index (χ3v) is 2.93. The molecule has 1 aliphatic heterocycles. The molecule has 5 nitrogen and oxygen atoms in total. The van der Waals surface area contributed by atoms with Crippen molar-refractivity contribution >= 4 is 28.4 Å². The highest BCUT2D eigenvalue weighted by Crippen LogP contribution is 2.19. The summed E-state index contributed by atoms with van der Waals surface area (Å²) in [6, 6.07) is 1.85. The largest absolute Gasteiger partial charge is 0.389 e. The lowest BCUT2D eigenvalue weighted by Gasteiger charge is -2.16. The SMILES string of the molecule is Cc1nc(I)cc(N2C[C@H](O)[C@@H](O)C2)n1. The van der Waals surface area contributed by atoms with Gasteiger partial charge in [0, 0.05) is 19.2 Å². The molecule has 2 N–H and O–H groups in total. The number of hydrogen-bond donors (Lipinski definition) is 2. The number of nitrogens with zero attached hydrogens (tertiary/aromatic N) is 3. The Morgan fingerprint density at radius 2 is 1.93 bits per heavy atom. The first-order chi connectivity index (χ1) is 7.06. The Morgan fingerprint density at radius 3 is 2.47 bits per heavy atom. The zero-order valence-electron chi connectivity index (χ0n) is 8.26. The van der Waals surface area contributed by atoms with Crippen LogP contribution in [0.2, 0.25) is 0 Å². The number of anilines is 1. The highest BCUT2D eigenvalue weighted by atomic mass is 127. The molecule has 0 unspecified atom stereocenters. The van der Waals surface area contributed by atoms with Crippen LogP contribution in [0.15, 0.2) is 6.07 Å². The van der Waals surface area contributed by atoms with Gasteiger partial charge in [-0.3, -0.25) is 0 Å². The Balaban J connectivity index is 2.23. The first-order valence-electron chi connectivity index (χ1n) is 4.68. The summed E-state index contributed by atoms with van der Waals surface area (Å²) in [7, 11) is 0. The van der Waals surface area contributed by atoms with Crippen molar-refractivity contribution in [3.8, 4) is 0 Å². The minimum atomic E-state index is -0.682. The summed E-state index contributed by atoms with van der Waals surface area (Å²) in [5, 5.41) is 18.9. The average Bonchev–Trinajstić information content (AvgIpc) is 2.45. The van der Waals surface area contributed by atoms with E-state index in [4.69, 9.17) is 0 Å². The van der Waals surface area contributed by atoms with Crippen LogP contribution < -0.4 is 4.90 Å². The Hall–Kier alpha value is -0.470. The number of β-amino-alcohol motifs (C(OH)–C–C–N with tert-alkyl or cyclic N) is 2. The number of aliphatic hydroxyl groups excluding tert-OH is 2. The fourth-order valence-corrected chi connectivity index (χ4v) is 2.26. The van der Waals surface area contributed by atoms with Crippen LogP contribution in [0.25, 0.3) is 0 Å². The van der Waals surface area contributed by atoms with Gasteiger partial charge >= 0.3 is 0 Å². The van der Waals surface area contributed by atoms with Gasteiger partial charge in [0.2, 0.25) is 0 Å². The zero-order chi connectivity index (χ0) is 11.0. The predicted octanol–water partition coefficient (Wildman–Crippen LogP) is -0.0686. The van der Waals surface area contributed by atoms with Crippen LogP contribution in [0.4, 0.5) is 5.82 Å². The lowest BCUT2D eigenvalue weighted by molar-refractivity contribution is 0.0572. The summed E-state index contributed by atoms with van der Waals surface area (Å²) in [5.41, 5.74) is 0. The topological polar surface area (TPSA) is 69.5 Å². The predicted molar refractivity (Wildman–Crippen MR) is 63.7 cm³/mol. The number of rotatable bonds is 1. The van der Waals surface area contributed by atoms with E-state index in [1.165, 1.54) is 0 Å². The molecular weight excluding hydrogens is 309 g/mol. The van der Waals surface area contributed by atoms with Crippen LogP contribution in [0.3, 0.4) is 0 Å². The molecule has 82 valence electrons. The molecule has 1 aromatic heterocycles. The fourth-order valence-electron chi connectivity index (χ4n) is 1.63. The molecule has 2 atom stereocenters. The molecular formula is C9H12IN3O2. The molecule has 0 amide bonds. The minimum Gasteiger partial charge on any atom is -0.389 e. The van der Waals surface area contributed by atoms with Gasteiger partial charge < -0.3 is 15.1 Å². The van der Waals surface area contributed by atoms with Crippen molar-refractivity contribution in [2.24, 2.45) is 0 Å². The van der Waals surface area contributed by atoms with Crippen molar-refractivity contribution in [1.29, 1.82) is 0 Å². The van der Waals surface area contributed by atoms with Gasteiger partial charge in [0.05, 0.1) is 12.2 Å². The Bertz CT molecular complexity index is 344. The van der Waals surface area contributed by atoms with Gasteiger partial charge in [-0.05, 0) is 29.5 Å². The van der Waals surface area contributed by atoms with Gasteiger partial charge in [0.25, 0.3) is 0 Å². The van der Waals surface area contributed by atoms with Gasteiger partial charge in [0.1, 0.15) is 15.3 Å². The molecule has 0 bridgehead atoms. The average molecular weight is 321 g/mol. The molecule has 0 saturated carbocycles. The smallest absolute Gasteiger partial charge is 0.133 e. The van der Waals surface area contributed by atoms with Gasteiger partial charge in [-0.1, -0.05) is 0 Å². The maximum absolute atomic E-state index is 9.43. The summed E-state index contributed by atoms with van der Waals surface area (Å²) >= 11 is 2.13. The summed E-state index contributed by atoms with van der Waals surface area (Å²) in [6.45, 7) is 2.68. The van der Waals surface area contributed by atoms with Gasteiger partial charge in [0.15, 0.2) is 0 Å². The van der Waals surface area contributed by atoms with Gasteiger partial charge in [-0.25, -0.2) is 9.97 Å². The number of halogens is 1. The van der Waals surface area contributed by atoms with Crippen LogP contribution in [0.1, 0.15) is 5.82 Å². The lowest BCUT2D eigenvalue weighted by Crippen LogP contribution is -2.22. The summed E-state index contributed by atoms with van der Waals surface area (Å²) in [4.78, 5) is 10.3. The number of hydrogen-bond acceptors (Lipinski definition) is 5. The zero-order valence-corrected chi connectivity index (χ0v) is 10.4. The van der Waals surface area contributed by atoms with E-state index in [2.05, 4.69) is 32.6 Å². The molecule has 0 aliphatic carbocycles. The van der Waals surface area contributed by atoms with E-state index in [1.54, 1.807) is 0 Å². The van der Waals surface area contributed by atoms with Crippen molar-refractivity contribution in [3.05, 3.63) is 15.6 Å². The van der Waals surface area contributed by atoms with Crippen molar-refractivity contribution in [2.45, 2.75) is 19.1 Å². The standard InChI is InChI=1S/C9H12IN3O2/c1-5-11-8(10)2-9(12-5)13-3-6(14)7(15)4-13/h2,6-7,14-15H,3-4H2,1H3/t6-,7-/m0/s1. The quantitative estimate of drug-likeness (QED) is 0.560. The molecule has 1 aromatic rings. The van der Waals surface area contributed by atoms with Gasteiger partial charge in [-0.2, -0.15) is 0 Å². The van der Waals surface area contributed by atoms with Crippen LogP contribution in [-0.4, -0.2) is 45.5 Å². The Kier molecular flexibility index (Phi) is 3.08. The second kappa shape index (κ2) is 4.18.